The van der Waals surface area contributed by atoms with Crippen LogP contribution in [0.1, 0.15) is 316 Å². The van der Waals surface area contributed by atoms with Crippen LogP contribution in [0.4, 0.5) is 0 Å². The number of hydrogen-bond acceptors (Lipinski definition) is 6. The molecule has 0 aromatic carbocycles. The maximum Gasteiger partial charge on any atom is 0.306 e. The van der Waals surface area contributed by atoms with Crippen LogP contribution in [0.3, 0.4) is 0 Å². The van der Waals surface area contributed by atoms with E-state index < -0.39 is 6.10 Å². The smallest absolute Gasteiger partial charge is 0.306 e. The third-order valence-electron chi connectivity index (χ3n) is 13.5. The second kappa shape index (κ2) is 59.7. The first-order chi connectivity index (χ1) is 35.0. The third kappa shape index (κ3) is 57.9. The second-order valence-corrected chi connectivity index (χ2v) is 20.6. The molecule has 0 bridgehead atoms. The van der Waals surface area contributed by atoms with Crippen LogP contribution in [0.5, 0.6) is 0 Å². The standard InChI is InChI=1S/C65H116O6/c1-4-7-10-13-16-19-22-25-27-28-29-30-31-32-33-34-35-36-37-38-41-43-46-49-52-55-58-64(67)70-61-62(60-69-63(66)57-54-51-48-45-42-39-24-21-18-15-12-9-6-3)71-65(68)59-56-53-50-47-44-40-26-23-20-17-14-11-8-5-2/h9,12,14,17-18,21,23,26,39,42,62H,4-8,10-11,13,15-16,19-20,22,24-25,27-38,40-41,43-61H2,1-3H3/b12-9-,17-14-,21-18-,26-23-,42-39-. The summed E-state index contributed by atoms with van der Waals surface area (Å²) in [4.78, 5) is 38.1. The molecule has 0 aromatic heterocycles. The van der Waals surface area contributed by atoms with Gasteiger partial charge in [-0.3, -0.25) is 14.4 Å². The Morgan fingerprint density at radius 3 is 0.915 bits per heavy atom. The van der Waals surface area contributed by atoms with Gasteiger partial charge in [-0.05, 0) is 77.0 Å². The summed E-state index contributed by atoms with van der Waals surface area (Å²) in [5.41, 5.74) is 0. The highest BCUT2D eigenvalue weighted by atomic mass is 16.6. The van der Waals surface area contributed by atoms with Gasteiger partial charge in [-0.1, -0.05) is 281 Å². The maximum absolute atomic E-state index is 12.8. The molecular weight excluding hydrogens is 877 g/mol. The van der Waals surface area contributed by atoms with E-state index in [0.29, 0.717) is 19.3 Å². The average Bonchev–Trinajstić information content (AvgIpc) is 3.37. The molecule has 0 aliphatic heterocycles. The number of esters is 3. The molecule has 0 radical (unpaired) electrons. The molecule has 6 heteroatoms. The van der Waals surface area contributed by atoms with E-state index in [9.17, 15) is 14.4 Å². The van der Waals surface area contributed by atoms with Crippen molar-refractivity contribution in [2.24, 2.45) is 0 Å². The first-order valence-electron chi connectivity index (χ1n) is 30.8. The Morgan fingerprint density at radius 2 is 0.563 bits per heavy atom. The zero-order valence-corrected chi connectivity index (χ0v) is 47.2. The van der Waals surface area contributed by atoms with E-state index in [2.05, 4.69) is 81.5 Å². The first-order valence-corrected chi connectivity index (χ1v) is 30.8. The van der Waals surface area contributed by atoms with Crippen LogP contribution in [-0.4, -0.2) is 37.2 Å². The van der Waals surface area contributed by atoms with Crippen LogP contribution < -0.4 is 0 Å². The monoisotopic (exact) mass is 993 g/mol. The fourth-order valence-corrected chi connectivity index (χ4v) is 8.89. The number of carbonyl (C=O) groups is 3. The number of ether oxygens (including phenoxy) is 3. The fourth-order valence-electron chi connectivity index (χ4n) is 8.89. The molecule has 0 aromatic rings. The highest BCUT2D eigenvalue weighted by Gasteiger charge is 2.19. The molecule has 71 heavy (non-hydrogen) atoms. The summed E-state index contributed by atoms with van der Waals surface area (Å²) in [5, 5.41) is 0. The molecule has 0 N–H and O–H groups in total. The lowest BCUT2D eigenvalue weighted by atomic mass is 10.0. The van der Waals surface area contributed by atoms with Crippen molar-refractivity contribution in [2.75, 3.05) is 13.2 Å². The lowest BCUT2D eigenvalue weighted by Crippen LogP contribution is -2.30. The molecule has 0 spiro atoms. The number of carbonyl (C=O) groups excluding carboxylic acids is 3. The van der Waals surface area contributed by atoms with Crippen LogP contribution >= 0.6 is 0 Å². The summed E-state index contributed by atoms with van der Waals surface area (Å²) in [6.45, 7) is 6.48. The molecule has 0 aliphatic rings. The summed E-state index contributed by atoms with van der Waals surface area (Å²) < 4.78 is 16.8. The largest absolute Gasteiger partial charge is 0.462 e. The molecule has 1 atom stereocenters. The van der Waals surface area contributed by atoms with Gasteiger partial charge in [0.05, 0.1) is 0 Å². The van der Waals surface area contributed by atoms with Gasteiger partial charge in [0.2, 0.25) is 0 Å². The third-order valence-corrected chi connectivity index (χ3v) is 13.5. The zero-order chi connectivity index (χ0) is 51.4. The SMILES string of the molecule is CC/C=C\C/C=C\C/C=C\CCCCCC(=O)OCC(COC(=O)CCCCCCCCCCCCCCCCCCCCCCCCCCCC)OC(=O)CCCCCCC/C=C\C/C=C\CCCC. The molecule has 0 saturated carbocycles. The average molecular weight is 994 g/mol. The maximum atomic E-state index is 12.8. The van der Waals surface area contributed by atoms with Gasteiger partial charge < -0.3 is 14.2 Å². The van der Waals surface area contributed by atoms with Crippen LogP contribution in [0.2, 0.25) is 0 Å². The molecule has 1 unspecified atom stereocenters. The topological polar surface area (TPSA) is 78.9 Å². The van der Waals surface area contributed by atoms with Gasteiger partial charge in [0.15, 0.2) is 6.10 Å². The number of hydrogen-bond donors (Lipinski definition) is 0. The predicted molar refractivity (Wildman–Crippen MR) is 307 cm³/mol. The molecule has 0 fully saturated rings. The van der Waals surface area contributed by atoms with Gasteiger partial charge in [0, 0.05) is 19.3 Å². The van der Waals surface area contributed by atoms with Crippen molar-refractivity contribution in [2.45, 2.75) is 322 Å². The zero-order valence-electron chi connectivity index (χ0n) is 47.2. The van der Waals surface area contributed by atoms with Crippen molar-refractivity contribution in [3.05, 3.63) is 60.8 Å². The summed E-state index contributed by atoms with van der Waals surface area (Å²) in [7, 11) is 0. The Hall–Kier alpha value is -2.89. The van der Waals surface area contributed by atoms with Gasteiger partial charge in [-0.25, -0.2) is 0 Å². The van der Waals surface area contributed by atoms with E-state index in [-0.39, 0.29) is 31.1 Å². The lowest BCUT2D eigenvalue weighted by molar-refractivity contribution is -0.167. The Labute approximate surface area is 440 Å². The predicted octanol–water partition coefficient (Wildman–Crippen LogP) is 20.8. The second-order valence-electron chi connectivity index (χ2n) is 20.6. The minimum Gasteiger partial charge on any atom is -0.462 e. The lowest BCUT2D eigenvalue weighted by Gasteiger charge is -2.18. The van der Waals surface area contributed by atoms with Crippen molar-refractivity contribution in [3.63, 3.8) is 0 Å². The number of unbranched alkanes of at least 4 members (excludes halogenated alkanes) is 35. The summed E-state index contributed by atoms with van der Waals surface area (Å²) >= 11 is 0. The van der Waals surface area contributed by atoms with Gasteiger partial charge in [0.25, 0.3) is 0 Å². The Balaban J connectivity index is 4.22. The van der Waals surface area contributed by atoms with E-state index >= 15 is 0 Å². The van der Waals surface area contributed by atoms with Crippen LogP contribution in [0.15, 0.2) is 60.8 Å². The van der Waals surface area contributed by atoms with Crippen molar-refractivity contribution in [3.8, 4) is 0 Å². The highest BCUT2D eigenvalue weighted by Crippen LogP contribution is 2.17. The van der Waals surface area contributed by atoms with Crippen molar-refractivity contribution < 1.29 is 28.6 Å². The van der Waals surface area contributed by atoms with Crippen molar-refractivity contribution in [1.82, 2.24) is 0 Å². The molecule has 412 valence electrons. The van der Waals surface area contributed by atoms with Gasteiger partial charge >= 0.3 is 17.9 Å². The molecule has 0 rings (SSSR count). The Morgan fingerprint density at radius 1 is 0.296 bits per heavy atom. The normalized spacial score (nSPS) is 12.4. The Kier molecular flexibility index (Phi) is 57.2. The number of rotatable bonds is 56. The van der Waals surface area contributed by atoms with Crippen molar-refractivity contribution >= 4 is 17.9 Å². The van der Waals surface area contributed by atoms with Gasteiger partial charge in [0.1, 0.15) is 13.2 Å². The Bertz CT molecular complexity index is 1280. The van der Waals surface area contributed by atoms with E-state index in [4.69, 9.17) is 14.2 Å². The molecule has 0 heterocycles. The minimum atomic E-state index is -0.792. The molecule has 0 amide bonds. The van der Waals surface area contributed by atoms with Crippen molar-refractivity contribution in [1.29, 1.82) is 0 Å². The first kappa shape index (κ1) is 68.1. The van der Waals surface area contributed by atoms with Gasteiger partial charge in [-0.2, -0.15) is 0 Å². The highest BCUT2D eigenvalue weighted by molar-refractivity contribution is 5.71. The number of allylic oxidation sites excluding steroid dienone is 10. The molecular formula is C65H116O6. The van der Waals surface area contributed by atoms with Crippen LogP contribution in [0, 0.1) is 0 Å². The van der Waals surface area contributed by atoms with Crippen LogP contribution in [0.25, 0.3) is 0 Å². The van der Waals surface area contributed by atoms with Gasteiger partial charge in [-0.15, -0.1) is 0 Å². The van der Waals surface area contributed by atoms with E-state index in [1.165, 1.54) is 167 Å². The van der Waals surface area contributed by atoms with E-state index in [1.807, 2.05) is 0 Å². The van der Waals surface area contributed by atoms with Crippen LogP contribution in [-0.2, 0) is 28.6 Å². The molecule has 0 saturated heterocycles. The van der Waals surface area contributed by atoms with E-state index in [1.54, 1.807) is 0 Å². The van der Waals surface area contributed by atoms with E-state index in [0.717, 1.165) is 109 Å². The summed E-state index contributed by atoms with van der Waals surface area (Å²) in [5.74, 6) is -0.919. The molecule has 0 aliphatic carbocycles. The summed E-state index contributed by atoms with van der Waals surface area (Å²) in [6, 6.07) is 0. The summed E-state index contributed by atoms with van der Waals surface area (Å²) in [6.07, 6.45) is 75.3. The molecule has 6 nitrogen and oxygen atoms in total. The minimum absolute atomic E-state index is 0.0870. The quantitative estimate of drug-likeness (QED) is 0.0261. The fraction of sp³-hybridized carbons (Fsp3) is 0.800.